The van der Waals surface area contributed by atoms with Gasteiger partial charge in [-0.05, 0) is 6.26 Å². The zero-order chi connectivity index (χ0) is 9.97. The van der Waals surface area contributed by atoms with Crippen molar-refractivity contribution in [3.05, 3.63) is 18.5 Å². The molecule has 6 heteroatoms. The van der Waals surface area contributed by atoms with E-state index in [4.69, 9.17) is 10.2 Å². The summed E-state index contributed by atoms with van der Waals surface area (Å²) in [6, 6.07) is 1.78. The summed E-state index contributed by atoms with van der Waals surface area (Å²) in [4.78, 5) is 12.0. The van der Waals surface area contributed by atoms with Gasteiger partial charge in [0.1, 0.15) is 17.0 Å². The number of hydrogen-bond acceptors (Lipinski definition) is 6. The molecule has 0 aliphatic heterocycles. The molecule has 0 spiro atoms. The molecule has 0 aliphatic carbocycles. The molecular weight excluding hydrogens is 200 g/mol. The number of aromatic nitrogens is 3. The third-order valence-corrected chi connectivity index (χ3v) is 2.21. The number of thioether (sulfide) groups is 1. The maximum Gasteiger partial charge on any atom is 0.245 e. The van der Waals surface area contributed by atoms with Crippen LogP contribution in [0.1, 0.15) is 0 Å². The average molecular weight is 208 g/mol. The van der Waals surface area contributed by atoms with Gasteiger partial charge in [-0.15, -0.1) is 11.8 Å². The summed E-state index contributed by atoms with van der Waals surface area (Å²) in [5, 5.41) is 0.797. The molecule has 0 aliphatic rings. The van der Waals surface area contributed by atoms with Crippen molar-refractivity contribution < 1.29 is 4.42 Å². The molecule has 5 nitrogen and oxygen atoms in total. The summed E-state index contributed by atoms with van der Waals surface area (Å²) in [6.45, 7) is 0. The Bertz CT molecular complexity index is 429. The average Bonchev–Trinajstić information content (AvgIpc) is 2.69. The molecule has 2 aromatic rings. The number of nitrogen functional groups attached to an aromatic ring is 1. The van der Waals surface area contributed by atoms with Crippen LogP contribution in [0.4, 0.5) is 5.95 Å². The summed E-state index contributed by atoms with van der Waals surface area (Å²) in [6.07, 6.45) is 4.97. The summed E-state index contributed by atoms with van der Waals surface area (Å²) >= 11 is 1.49. The van der Waals surface area contributed by atoms with Crippen molar-refractivity contribution in [2.75, 3.05) is 12.0 Å². The fourth-order valence-corrected chi connectivity index (χ4v) is 1.42. The van der Waals surface area contributed by atoms with Crippen molar-refractivity contribution in [2.45, 2.75) is 5.03 Å². The predicted molar refractivity (Wildman–Crippen MR) is 53.7 cm³/mol. The van der Waals surface area contributed by atoms with E-state index in [1.54, 1.807) is 12.3 Å². The monoisotopic (exact) mass is 208 g/mol. The van der Waals surface area contributed by atoms with Crippen LogP contribution < -0.4 is 5.73 Å². The van der Waals surface area contributed by atoms with E-state index >= 15 is 0 Å². The topological polar surface area (TPSA) is 77.8 Å². The van der Waals surface area contributed by atoms with E-state index in [0.29, 0.717) is 11.6 Å². The highest BCUT2D eigenvalue weighted by Gasteiger charge is 2.07. The van der Waals surface area contributed by atoms with Crippen molar-refractivity contribution in [3.63, 3.8) is 0 Å². The molecule has 0 bridgehead atoms. The van der Waals surface area contributed by atoms with E-state index in [-0.39, 0.29) is 5.95 Å². The molecule has 2 N–H and O–H groups in total. The molecule has 0 saturated carbocycles. The van der Waals surface area contributed by atoms with Gasteiger partial charge in [-0.2, -0.15) is 0 Å². The van der Waals surface area contributed by atoms with Gasteiger partial charge in [0.2, 0.25) is 11.8 Å². The van der Waals surface area contributed by atoms with Crippen molar-refractivity contribution in [2.24, 2.45) is 0 Å². The Kier molecular flexibility index (Phi) is 2.36. The molecule has 14 heavy (non-hydrogen) atoms. The lowest BCUT2D eigenvalue weighted by Crippen LogP contribution is -1.97. The number of anilines is 1. The van der Waals surface area contributed by atoms with E-state index < -0.39 is 0 Å². The van der Waals surface area contributed by atoms with Crippen molar-refractivity contribution >= 4 is 17.7 Å². The van der Waals surface area contributed by atoms with Gasteiger partial charge in [0.05, 0.1) is 6.20 Å². The van der Waals surface area contributed by atoms with Gasteiger partial charge in [0.15, 0.2) is 0 Å². The third-order valence-electron chi connectivity index (χ3n) is 1.58. The van der Waals surface area contributed by atoms with Crippen LogP contribution in [0.3, 0.4) is 0 Å². The molecule has 0 saturated heterocycles. The molecule has 2 heterocycles. The van der Waals surface area contributed by atoms with Crippen LogP contribution >= 0.6 is 11.8 Å². The maximum atomic E-state index is 5.54. The predicted octanol–water partition coefficient (Wildman–Crippen LogP) is 1.44. The zero-order valence-corrected chi connectivity index (χ0v) is 8.28. The van der Waals surface area contributed by atoms with Crippen molar-refractivity contribution in [1.29, 1.82) is 0 Å². The largest absolute Gasteiger partial charge is 0.443 e. The number of rotatable bonds is 2. The van der Waals surface area contributed by atoms with Crippen LogP contribution in [0.15, 0.2) is 28.0 Å². The van der Waals surface area contributed by atoms with Gasteiger partial charge >= 0.3 is 0 Å². The van der Waals surface area contributed by atoms with Crippen LogP contribution in [-0.4, -0.2) is 21.2 Å². The SMILES string of the molecule is CSc1cc(-c2ncco2)nc(N)n1. The minimum Gasteiger partial charge on any atom is -0.443 e. The van der Waals surface area contributed by atoms with Gasteiger partial charge in [0, 0.05) is 6.07 Å². The highest BCUT2D eigenvalue weighted by atomic mass is 32.2. The summed E-state index contributed by atoms with van der Waals surface area (Å²) in [5.74, 6) is 0.680. The van der Waals surface area contributed by atoms with Crippen LogP contribution in [0, 0.1) is 0 Å². The molecule has 0 fully saturated rings. The third kappa shape index (κ3) is 1.69. The second-order valence-electron chi connectivity index (χ2n) is 2.49. The van der Waals surface area contributed by atoms with Gasteiger partial charge < -0.3 is 10.2 Å². The van der Waals surface area contributed by atoms with E-state index in [1.807, 2.05) is 6.26 Å². The molecule has 2 rings (SSSR count). The zero-order valence-electron chi connectivity index (χ0n) is 7.47. The first-order valence-electron chi connectivity index (χ1n) is 3.88. The van der Waals surface area contributed by atoms with Crippen LogP contribution in [0.25, 0.3) is 11.6 Å². The van der Waals surface area contributed by atoms with Gasteiger partial charge in [-0.25, -0.2) is 15.0 Å². The fourth-order valence-electron chi connectivity index (χ4n) is 1.01. The van der Waals surface area contributed by atoms with E-state index in [0.717, 1.165) is 5.03 Å². The Balaban J connectivity index is 2.48. The highest BCUT2D eigenvalue weighted by molar-refractivity contribution is 7.98. The second kappa shape index (κ2) is 3.67. The summed E-state index contributed by atoms with van der Waals surface area (Å²) in [7, 11) is 0. The molecule has 2 aromatic heterocycles. The van der Waals surface area contributed by atoms with Gasteiger partial charge in [-0.1, -0.05) is 0 Å². The first-order valence-corrected chi connectivity index (χ1v) is 5.10. The number of oxazole rings is 1. The van der Waals surface area contributed by atoms with Crippen LogP contribution in [-0.2, 0) is 0 Å². The lowest BCUT2D eigenvalue weighted by Gasteiger charge is -1.99. The first-order chi connectivity index (χ1) is 6.79. The minimum atomic E-state index is 0.227. The van der Waals surface area contributed by atoms with Gasteiger partial charge in [-0.3, -0.25) is 0 Å². The summed E-state index contributed by atoms with van der Waals surface area (Å²) in [5.41, 5.74) is 6.14. The van der Waals surface area contributed by atoms with Crippen LogP contribution in [0.5, 0.6) is 0 Å². The van der Waals surface area contributed by atoms with Crippen molar-refractivity contribution in [3.8, 4) is 11.6 Å². The summed E-state index contributed by atoms with van der Waals surface area (Å²) < 4.78 is 5.11. The number of nitrogens with zero attached hydrogens (tertiary/aromatic N) is 3. The lowest BCUT2D eigenvalue weighted by atomic mass is 10.4. The first kappa shape index (κ1) is 9.01. The Morgan fingerprint density at radius 3 is 2.93 bits per heavy atom. The standard InChI is InChI=1S/C8H8N4OS/c1-14-6-4-5(11-8(9)12-6)7-10-2-3-13-7/h2-4H,1H3,(H2,9,11,12). The van der Waals surface area contributed by atoms with Gasteiger partial charge in [0.25, 0.3) is 0 Å². The Labute approximate surface area is 84.8 Å². The Hall–Kier alpha value is -1.56. The number of hydrogen-bond donors (Lipinski definition) is 1. The quantitative estimate of drug-likeness (QED) is 0.594. The Morgan fingerprint density at radius 2 is 2.29 bits per heavy atom. The Morgan fingerprint density at radius 1 is 1.43 bits per heavy atom. The lowest BCUT2D eigenvalue weighted by molar-refractivity contribution is 0.571. The smallest absolute Gasteiger partial charge is 0.245 e. The van der Waals surface area contributed by atoms with Crippen molar-refractivity contribution in [1.82, 2.24) is 15.0 Å². The second-order valence-corrected chi connectivity index (χ2v) is 3.32. The molecule has 0 atom stereocenters. The highest BCUT2D eigenvalue weighted by Crippen LogP contribution is 2.20. The molecule has 0 radical (unpaired) electrons. The minimum absolute atomic E-state index is 0.227. The maximum absolute atomic E-state index is 5.54. The molecule has 0 aromatic carbocycles. The van der Waals surface area contributed by atoms with E-state index in [2.05, 4.69) is 15.0 Å². The van der Waals surface area contributed by atoms with E-state index in [1.165, 1.54) is 18.0 Å². The van der Waals surface area contributed by atoms with Crippen LogP contribution in [0.2, 0.25) is 0 Å². The fraction of sp³-hybridized carbons (Fsp3) is 0.125. The molecule has 0 amide bonds. The number of nitrogens with two attached hydrogens (primary N) is 1. The van der Waals surface area contributed by atoms with E-state index in [9.17, 15) is 0 Å². The molecule has 72 valence electrons. The normalized spacial score (nSPS) is 10.4. The molecular formula is C8H8N4OS. The molecule has 0 unspecified atom stereocenters.